The Balaban J connectivity index is 1.42. The number of nitrogens with zero attached hydrogens (tertiary/aromatic N) is 4. The highest BCUT2D eigenvalue weighted by molar-refractivity contribution is 5.78. The lowest BCUT2D eigenvalue weighted by Crippen LogP contribution is -2.50. The van der Waals surface area contributed by atoms with E-state index in [1.807, 2.05) is 0 Å². The molecule has 1 aromatic rings. The summed E-state index contributed by atoms with van der Waals surface area (Å²) in [5, 5.41) is 7.01. The van der Waals surface area contributed by atoms with E-state index in [9.17, 15) is 9.59 Å². The Hall–Kier alpha value is -1.93. The second kappa shape index (κ2) is 7.76. The number of amides is 1. The van der Waals surface area contributed by atoms with Gasteiger partial charge in [-0.15, -0.1) is 0 Å². The van der Waals surface area contributed by atoms with Crippen molar-refractivity contribution in [3.63, 3.8) is 0 Å². The van der Waals surface area contributed by atoms with Crippen LogP contribution in [0, 0.1) is 0 Å². The lowest BCUT2D eigenvalue weighted by Gasteiger charge is -2.35. The lowest BCUT2D eigenvalue weighted by atomic mass is 10.2. The van der Waals surface area contributed by atoms with Gasteiger partial charge in [-0.05, 0) is 12.8 Å². The highest BCUT2D eigenvalue weighted by Crippen LogP contribution is 2.13. The number of rotatable bonds is 5. The molecule has 3 heterocycles. The Labute approximate surface area is 141 Å². The van der Waals surface area contributed by atoms with Gasteiger partial charge >= 0.3 is 0 Å². The number of aromatic nitrogens is 2. The molecule has 1 atom stereocenters. The molecule has 0 unspecified atom stereocenters. The first kappa shape index (κ1) is 16.9. The van der Waals surface area contributed by atoms with Crippen molar-refractivity contribution < 1.29 is 9.53 Å². The van der Waals surface area contributed by atoms with Gasteiger partial charge in [-0.1, -0.05) is 0 Å². The molecule has 2 saturated heterocycles. The number of ether oxygens (including phenoxy) is 1. The van der Waals surface area contributed by atoms with Crippen molar-refractivity contribution in [2.24, 2.45) is 7.05 Å². The zero-order valence-corrected chi connectivity index (χ0v) is 14.1. The van der Waals surface area contributed by atoms with Gasteiger partial charge in [0.05, 0.1) is 24.5 Å². The van der Waals surface area contributed by atoms with Crippen LogP contribution in [0.25, 0.3) is 0 Å². The van der Waals surface area contributed by atoms with Crippen LogP contribution in [-0.4, -0.2) is 72.6 Å². The fourth-order valence-corrected chi connectivity index (χ4v) is 3.09. The summed E-state index contributed by atoms with van der Waals surface area (Å²) in [5.41, 5.74) is 0.740. The molecule has 0 radical (unpaired) electrons. The van der Waals surface area contributed by atoms with Crippen LogP contribution in [0.3, 0.4) is 0 Å². The van der Waals surface area contributed by atoms with E-state index >= 15 is 0 Å². The molecule has 0 aromatic carbocycles. The third kappa shape index (κ3) is 4.33. The van der Waals surface area contributed by atoms with Crippen LogP contribution in [0.5, 0.6) is 0 Å². The fraction of sp³-hybridized carbons (Fsp3) is 0.688. The Bertz CT molecular complexity index is 618. The molecule has 8 heteroatoms. The molecule has 1 amide bonds. The topological polar surface area (TPSA) is 79.7 Å². The van der Waals surface area contributed by atoms with E-state index < -0.39 is 0 Å². The van der Waals surface area contributed by atoms with Crippen LogP contribution < -0.4 is 15.8 Å². The Kier molecular flexibility index (Phi) is 5.47. The molecule has 0 saturated carbocycles. The van der Waals surface area contributed by atoms with E-state index in [4.69, 9.17) is 4.74 Å². The van der Waals surface area contributed by atoms with Gasteiger partial charge in [0, 0.05) is 52.4 Å². The summed E-state index contributed by atoms with van der Waals surface area (Å²) in [6, 6.07) is 1.61. The molecule has 0 spiro atoms. The van der Waals surface area contributed by atoms with Gasteiger partial charge in [0.15, 0.2) is 0 Å². The number of carbonyl (C=O) groups excluding carboxylic acids is 1. The predicted octanol–water partition coefficient (Wildman–Crippen LogP) is -0.802. The largest absolute Gasteiger partial charge is 0.376 e. The minimum Gasteiger partial charge on any atom is -0.376 e. The molecular formula is C16H25N5O3. The smallest absolute Gasteiger partial charge is 0.268 e. The van der Waals surface area contributed by atoms with Crippen LogP contribution in [0.4, 0.5) is 5.69 Å². The van der Waals surface area contributed by atoms with Crippen molar-refractivity contribution in [3.05, 3.63) is 22.6 Å². The minimum atomic E-state index is -0.108. The van der Waals surface area contributed by atoms with Crippen molar-refractivity contribution >= 4 is 11.6 Å². The summed E-state index contributed by atoms with van der Waals surface area (Å²) in [5.74, 6) is 0.0502. The standard InChI is InChI=1S/C16H25N5O3/c1-19-16(23)9-13(10-18-19)21-6-4-20(5-7-21)12-15(22)17-11-14-3-2-8-24-14/h9-10,14H,2-8,11-12H2,1H3,(H,17,22)/t14-/m1/s1. The molecule has 0 bridgehead atoms. The van der Waals surface area contributed by atoms with Gasteiger partial charge in [0.1, 0.15) is 0 Å². The van der Waals surface area contributed by atoms with Gasteiger partial charge in [-0.3, -0.25) is 14.5 Å². The summed E-state index contributed by atoms with van der Waals surface area (Å²) in [6.07, 6.45) is 4.01. The number of piperazine rings is 1. The predicted molar refractivity (Wildman–Crippen MR) is 90.1 cm³/mol. The molecule has 132 valence electrons. The van der Waals surface area contributed by atoms with Gasteiger partial charge in [-0.2, -0.15) is 5.10 Å². The van der Waals surface area contributed by atoms with Crippen LogP contribution >= 0.6 is 0 Å². The van der Waals surface area contributed by atoms with E-state index in [1.54, 1.807) is 19.3 Å². The normalized spacial score (nSPS) is 21.9. The second-order valence-corrected chi connectivity index (χ2v) is 6.38. The molecule has 24 heavy (non-hydrogen) atoms. The summed E-state index contributed by atoms with van der Waals surface area (Å²) < 4.78 is 6.82. The molecule has 3 rings (SSSR count). The molecule has 2 aliphatic rings. The Morgan fingerprint density at radius 1 is 1.38 bits per heavy atom. The van der Waals surface area contributed by atoms with E-state index in [0.29, 0.717) is 13.1 Å². The zero-order chi connectivity index (χ0) is 16.9. The van der Waals surface area contributed by atoms with Crippen molar-refractivity contribution in [2.45, 2.75) is 18.9 Å². The third-order valence-electron chi connectivity index (χ3n) is 4.61. The molecule has 0 aliphatic carbocycles. The van der Waals surface area contributed by atoms with E-state index in [2.05, 4.69) is 20.2 Å². The monoisotopic (exact) mass is 335 g/mol. The number of hydrogen-bond donors (Lipinski definition) is 1. The van der Waals surface area contributed by atoms with Crippen molar-refractivity contribution in [1.82, 2.24) is 20.0 Å². The van der Waals surface area contributed by atoms with Gasteiger partial charge in [0.25, 0.3) is 5.56 Å². The van der Waals surface area contributed by atoms with Crippen molar-refractivity contribution in [3.8, 4) is 0 Å². The van der Waals surface area contributed by atoms with Crippen LogP contribution in [-0.2, 0) is 16.6 Å². The number of aryl methyl sites for hydroxylation is 1. The molecule has 1 N–H and O–H groups in total. The first-order chi connectivity index (χ1) is 11.6. The summed E-state index contributed by atoms with van der Waals surface area (Å²) in [6.45, 7) is 4.99. The van der Waals surface area contributed by atoms with Crippen molar-refractivity contribution in [2.75, 3.05) is 50.8 Å². The Morgan fingerprint density at radius 2 is 2.17 bits per heavy atom. The summed E-state index contributed by atoms with van der Waals surface area (Å²) >= 11 is 0. The quantitative estimate of drug-likeness (QED) is 0.759. The highest BCUT2D eigenvalue weighted by Gasteiger charge is 2.21. The third-order valence-corrected chi connectivity index (χ3v) is 4.61. The number of anilines is 1. The van der Waals surface area contributed by atoms with E-state index in [-0.39, 0.29) is 17.6 Å². The lowest BCUT2D eigenvalue weighted by molar-refractivity contribution is -0.122. The Morgan fingerprint density at radius 3 is 2.83 bits per heavy atom. The maximum Gasteiger partial charge on any atom is 0.268 e. The average molecular weight is 335 g/mol. The number of hydrogen-bond acceptors (Lipinski definition) is 6. The van der Waals surface area contributed by atoms with Crippen LogP contribution in [0.1, 0.15) is 12.8 Å². The number of carbonyl (C=O) groups is 1. The maximum absolute atomic E-state index is 12.0. The average Bonchev–Trinajstić information content (AvgIpc) is 3.10. The van der Waals surface area contributed by atoms with E-state index in [0.717, 1.165) is 51.3 Å². The second-order valence-electron chi connectivity index (χ2n) is 6.38. The van der Waals surface area contributed by atoms with Crippen LogP contribution in [0.2, 0.25) is 0 Å². The summed E-state index contributed by atoms with van der Waals surface area (Å²) in [4.78, 5) is 28.0. The van der Waals surface area contributed by atoms with E-state index in [1.165, 1.54) is 4.68 Å². The first-order valence-electron chi connectivity index (χ1n) is 8.51. The number of nitrogens with one attached hydrogen (secondary N) is 1. The minimum absolute atomic E-state index is 0.0502. The molecule has 8 nitrogen and oxygen atoms in total. The molecule has 1 aromatic heterocycles. The first-order valence-corrected chi connectivity index (χ1v) is 8.51. The van der Waals surface area contributed by atoms with Gasteiger partial charge in [0.2, 0.25) is 5.91 Å². The summed E-state index contributed by atoms with van der Waals surface area (Å²) in [7, 11) is 1.64. The van der Waals surface area contributed by atoms with Gasteiger partial charge in [-0.25, -0.2) is 4.68 Å². The maximum atomic E-state index is 12.0. The molecule has 2 fully saturated rings. The van der Waals surface area contributed by atoms with Gasteiger partial charge < -0.3 is 15.0 Å². The fourth-order valence-electron chi connectivity index (χ4n) is 3.09. The zero-order valence-electron chi connectivity index (χ0n) is 14.1. The highest BCUT2D eigenvalue weighted by atomic mass is 16.5. The van der Waals surface area contributed by atoms with Crippen LogP contribution in [0.15, 0.2) is 17.1 Å². The SMILES string of the molecule is Cn1ncc(N2CCN(CC(=O)NC[C@H]3CCCO3)CC2)cc1=O. The van der Waals surface area contributed by atoms with Crippen molar-refractivity contribution in [1.29, 1.82) is 0 Å². The molecular weight excluding hydrogens is 310 g/mol. The molecule has 2 aliphatic heterocycles.